The lowest BCUT2D eigenvalue weighted by Gasteiger charge is -2.10. The Morgan fingerprint density at radius 3 is 2.53 bits per heavy atom. The van der Waals surface area contributed by atoms with Crippen LogP contribution in [0, 0.1) is 5.92 Å². The third-order valence-electron chi connectivity index (χ3n) is 2.39. The van der Waals surface area contributed by atoms with Crippen LogP contribution in [-0.4, -0.2) is 31.2 Å². The van der Waals surface area contributed by atoms with E-state index in [-0.39, 0.29) is 5.75 Å². The highest BCUT2D eigenvalue weighted by atomic mass is 32.2. The molecule has 0 saturated heterocycles. The molecule has 0 fully saturated rings. The highest BCUT2D eigenvalue weighted by Gasteiger charge is 2.11. The first-order chi connectivity index (χ1) is 8.80. The molecule has 0 aliphatic carbocycles. The first kappa shape index (κ1) is 15.9. The molecule has 1 aromatic heterocycles. The molecule has 0 unspecified atom stereocenters. The van der Waals surface area contributed by atoms with E-state index in [0.717, 1.165) is 25.1 Å². The zero-order valence-corrected chi connectivity index (χ0v) is 12.9. The van der Waals surface area contributed by atoms with Gasteiger partial charge in [-0.05, 0) is 18.8 Å². The lowest BCUT2D eigenvalue weighted by molar-refractivity contribution is 0.598. The van der Waals surface area contributed by atoms with E-state index < -0.39 is 9.84 Å². The van der Waals surface area contributed by atoms with Crippen molar-refractivity contribution in [3.05, 3.63) is 17.6 Å². The van der Waals surface area contributed by atoms with Gasteiger partial charge in [-0.3, -0.25) is 0 Å². The molecule has 0 amide bonds. The fourth-order valence-electron chi connectivity index (χ4n) is 1.72. The van der Waals surface area contributed by atoms with Crippen LogP contribution in [0.3, 0.4) is 0 Å². The molecule has 0 atom stereocenters. The molecule has 5 nitrogen and oxygen atoms in total. The maximum Gasteiger partial charge on any atom is 0.154 e. The number of hydrogen-bond donors (Lipinski definition) is 1. The van der Waals surface area contributed by atoms with Crippen LogP contribution in [0.15, 0.2) is 6.07 Å². The second kappa shape index (κ2) is 6.84. The zero-order valence-electron chi connectivity index (χ0n) is 12.1. The Labute approximate surface area is 115 Å². The van der Waals surface area contributed by atoms with Gasteiger partial charge in [-0.1, -0.05) is 20.8 Å². The average molecular weight is 285 g/mol. The summed E-state index contributed by atoms with van der Waals surface area (Å²) in [6, 6.07) is 1.90. The van der Waals surface area contributed by atoms with E-state index in [2.05, 4.69) is 36.1 Å². The molecular weight excluding hydrogens is 262 g/mol. The number of aromatic nitrogens is 2. The lowest BCUT2D eigenvalue weighted by Crippen LogP contribution is -2.11. The fourth-order valence-corrected chi connectivity index (χ4v) is 2.32. The quantitative estimate of drug-likeness (QED) is 0.830. The number of anilines is 1. The van der Waals surface area contributed by atoms with Gasteiger partial charge >= 0.3 is 0 Å². The average Bonchev–Trinajstić information content (AvgIpc) is 2.22. The van der Waals surface area contributed by atoms with Crippen LogP contribution in [0.5, 0.6) is 0 Å². The molecule has 1 heterocycles. The summed E-state index contributed by atoms with van der Waals surface area (Å²) in [6.45, 7) is 7.10. The largest absolute Gasteiger partial charge is 0.370 e. The second-order valence-corrected chi connectivity index (χ2v) is 7.40. The molecule has 19 heavy (non-hydrogen) atoms. The summed E-state index contributed by atoms with van der Waals surface area (Å²) >= 11 is 0. The Morgan fingerprint density at radius 2 is 2.00 bits per heavy atom. The third-order valence-corrected chi connectivity index (χ3v) is 3.17. The summed E-state index contributed by atoms with van der Waals surface area (Å²) in [4.78, 5) is 8.60. The summed E-state index contributed by atoms with van der Waals surface area (Å²) in [5, 5.41) is 3.19. The van der Waals surface area contributed by atoms with E-state index in [1.807, 2.05) is 6.07 Å². The van der Waals surface area contributed by atoms with Crippen molar-refractivity contribution in [2.24, 2.45) is 5.92 Å². The van der Waals surface area contributed by atoms with E-state index in [9.17, 15) is 8.42 Å². The van der Waals surface area contributed by atoms with Crippen molar-refractivity contribution < 1.29 is 8.42 Å². The third kappa shape index (κ3) is 6.52. The van der Waals surface area contributed by atoms with Crippen LogP contribution in [-0.2, 0) is 22.0 Å². The van der Waals surface area contributed by atoms with Crippen molar-refractivity contribution in [3.8, 4) is 0 Å². The number of rotatable bonds is 7. The molecule has 0 radical (unpaired) electrons. The van der Waals surface area contributed by atoms with Gasteiger partial charge in [-0.2, -0.15) is 0 Å². The van der Waals surface area contributed by atoms with Crippen LogP contribution < -0.4 is 5.32 Å². The van der Waals surface area contributed by atoms with Crippen molar-refractivity contribution >= 4 is 15.7 Å². The van der Waals surface area contributed by atoms with Gasteiger partial charge in [0.05, 0.1) is 0 Å². The topological polar surface area (TPSA) is 72.0 Å². The molecule has 1 N–H and O–H groups in total. The van der Waals surface area contributed by atoms with E-state index in [1.54, 1.807) is 0 Å². The van der Waals surface area contributed by atoms with E-state index in [0.29, 0.717) is 17.6 Å². The molecular formula is C13H23N3O2S. The Balaban J connectivity index is 3.01. The van der Waals surface area contributed by atoms with Gasteiger partial charge in [-0.15, -0.1) is 0 Å². The Hall–Kier alpha value is -1.17. The fraction of sp³-hybridized carbons (Fsp3) is 0.692. The molecule has 6 heteroatoms. The van der Waals surface area contributed by atoms with Crippen LogP contribution in [0.1, 0.15) is 38.7 Å². The predicted molar refractivity (Wildman–Crippen MR) is 77.9 cm³/mol. The minimum Gasteiger partial charge on any atom is -0.370 e. The van der Waals surface area contributed by atoms with Gasteiger partial charge in [0, 0.05) is 24.6 Å². The highest BCUT2D eigenvalue weighted by Crippen LogP contribution is 2.12. The van der Waals surface area contributed by atoms with Gasteiger partial charge in [0.2, 0.25) is 0 Å². The van der Waals surface area contributed by atoms with E-state index in [4.69, 9.17) is 0 Å². The first-order valence-electron chi connectivity index (χ1n) is 6.58. The van der Waals surface area contributed by atoms with Gasteiger partial charge in [0.25, 0.3) is 0 Å². The molecule has 0 bridgehead atoms. The SMILES string of the molecule is CCCNc1cc(CC(C)C)nc(CS(C)(=O)=O)n1. The molecule has 0 aromatic carbocycles. The molecule has 0 aliphatic heterocycles. The Bertz CT molecular complexity index is 513. The minimum absolute atomic E-state index is 0.111. The highest BCUT2D eigenvalue weighted by molar-refractivity contribution is 7.89. The first-order valence-corrected chi connectivity index (χ1v) is 8.64. The summed E-state index contributed by atoms with van der Waals surface area (Å²) in [6.07, 6.45) is 3.01. The summed E-state index contributed by atoms with van der Waals surface area (Å²) in [7, 11) is -3.11. The Morgan fingerprint density at radius 1 is 1.32 bits per heavy atom. The maximum absolute atomic E-state index is 11.4. The maximum atomic E-state index is 11.4. The summed E-state index contributed by atoms with van der Waals surface area (Å²) in [5.41, 5.74) is 0.891. The van der Waals surface area contributed by atoms with Gasteiger partial charge in [0.15, 0.2) is 9.84 Å². The van der Waals surface area contributed by atoms with Crippen molar-refractivity contribution in [1.29, 1.82) is 0 Å². The predicted octanol–water partition coefficient (Wildman–Crippen LogP) is 2.04. The zero-order chi connectivity index (χ0) is 14.5. The van der Waals surface area contributed by atoms with Crippen LogP contribution in [0.4, 0.5) is 5.82 Å². The number of nitrogens with one attached hydrogen (secondary N) is 1. The van der Waals surface area contributed by atoms with E-state index in [1.165, 1.54) is 6.26 Å². The van der Waals surface area contributed by atoms with Crippen LogP contribution in [0.2, 0.25) is 0 Å². The summed E-state index contributed by atoms with van der Waals surface area (Å²) in [5.74, 6) is 1.45. The van der Waals surface area contributed by atoms with Crippen LogP contribution in [0.25, 0.3) is 0 Å². The van der Waals surface area contributed by atoms with Crippen LogP contribution >= 0.6 is 0 Å². The van der Waals surface area contributed by atoms with Crippen molar-refractivity contribution in [3.63, 3.8) is 0 Å². The molecule has 108 valence electrons. The van der Waals surface area contributed by atoms with Gasteiger partial charge in [0.1, 0.15) is 17.4 Å². The van der Waals surface area contributed by atoms with Gasteiger partial charge < -0.3 is 5.32 Å². The Kier molecular flexibility index (Phi) is 5.72. The van der Waals surface area contributed by atoms with Crippen molar-refractivity contribution in [2.45, 2.75) is 39.4 Å². The minimum atomic E-state index is -3.11. The van der Waals surface area contributed by atoms with Gasteiger partial charge in [-0.25, -0.2) is 18.4 Å². The van der Waals surface area contributed by atoms with E-state index >= 15 is 0 Å². The number of hydrogen-bond acceptors (Lipinski definition) is 5. The molecule has 1 aromatic rings. The lowest BCUT2D eigenvalue weighted by atomic mass is 10.1. The molecule has 1 rings (SSSR count). The number of sulfone groups is 1. The summed E-state index contributed by atoms with van der Waals surface area (Å²) < 4.78 is 22.7. The molecule has 0 spiro atoms. The molecule has 0 saturated carbocycles. The van der Waals surface area contributed by atoms with Crippen molar-refractivity contribution in [2.75, 3.05) is 18.1 Å². The standard InChI is InChI=1S/C13H23N3O2S/c1-5-6-14-12-8-11(7-10(2)3)15-13(16-12)9-19(4,17)18/h8,10H,5-7,9H2,1-4H3,(H,14,15,16). The second-order valence-electron chi connectivity index (χ2n) is 5.26. The molecule has 0 aliphatic rings. The normalized spacial score (nSPS) is 11.8. The van der Waals surface area contributed by atoms with Crippen molar-refractivity contribution in [1.82, 2.24) is 9.97 Å². The smallest absolute Gasteiger partial charge is 0.154 e. The number of nitrogens with zero attached hydrogens (tertiary/aromatic N) is 2. The monoisotopic (exact) mass is 285 g/mol.